The van der Waals surface area contributed by atoms with Crippen molar-refractivity contribution >= 4 is 97.2 Å². The van der Waals surface area contributed by atoms with Crippen LogP contribution >= 0.6 is 67.8 Å². The zero-order chi connectivity index (χ0) is 21.8. The van der Waals surface area contributed by atoms with Crippen molar-refractivity contribution in [1.82, 2.24) is 10.4 Å². The van der Waals surface area contributed by atoms with Crippen LogP contribution in [0.2, 0.25) is 0 Å². The Morgan fingerprint density at radius 3 is 2.07 bits per heavy atom. The summed E-state index contributed by atoms with van der Waals surface area (Å²) in [5.74, 6) is -3.19. The predicted molar refractivity (Wildman–Crippen MR) is 124 cm³/mol. The molecule has 10 nitrogen and oxygen atoms in total. The fourth-order valence-electron chi connectivity index (χ4n) is 2.04. The Morgan fingerprint density at radius 1 is 1.11 bits per heavy atom. The van der Waals surface area contributed by atoms with Gasteiger partial charge in [-0.3, -0.25) is 14.4 Å². The molecular weight excluding hydrogens is 715 g/mol. The number of carboxylic acid groups (broad SMARTS) is 1. The number of rotatable bonds is 7. The van der Waals surface area contributed by atoms with E-state index in [1.54, 1.807) is 0 Å². The number of nitrogens with zero attached hydrogens (tertiary/aromatic N) is 1. The number of carbonyl (C=O) groups excluding carboxylic acids is 3. The van der Waals surface area contributed by atoms with Crippen LogP contribution in [-0.4, -0.2) is 65.8 Å². The van der Waals surface area contributed by atoms with Crippen LogP contribution in [0.4, 0.5) is 5.69 Å². The van der Waals surface area contributed by atoms with Gasteiger partial charge in [0.1, 0.15) is 0 Å². The topological polar surface area (TPSA) is 145 Å². The molecular formula is C15H16I3N3O7. The highest BCUT2D eigenvalue weighted by Crippen LogP contribution is 2.36. The molecule has 1 aromatic carbocycles. The van der Waals surface area contributed by atoms with E-state index in [0.29, 0.717) is 12.2 Å². The standard InChI is InChI=1S/C15H16I3N3O7/c1-5(23)20-12-10(17)7(13(24)19-2)9(16)8(11(12)18)15(27)28-21(3)6(4-22)14(25)26/h6,22H,4H2,1-3H3,(H,19,24)(H,20,23)(H,25,26). The summed E-state index contributed by atoms with van der Waals surface area (Å²) >= 11 is 5.55. The Balaban J connectivity index is 3.56. The number of hydrogen-bond donors (Lipinski definition) is 4. The lowest BCUT2D eigenvalue weighted by Gasteiger charge is -2.23. The summed E-state index contributed by atoms with van der Waals surface area (Å²) in [4.78, 5) is 52.9. The zero-order valence-electron chi connectivity index (χ0n) is 14.8. The summed E-state index contributed by atoms with van der Waals surface area (Å²) in [6.45, 7) is 0.509. The summed E-state index contributed by atoms with van der Waals surface area (Å²) < 4.78 is 1.03. The molecule has 1 rings (SSSR count). The number of aliphatic hydroxyl groups is 1. The van der Waals surface area contributed by atoms with Gasteiger partial charge in [-0.05, 0) is 67.8 Å². The first-order valence-corrected chi connectivity index (χ1v) is 10.7. The number of aliphatic hydroxyl groups excluding tert-OH is 1. The van der Waals surface area contributed by atoms with Gasteiger partial charge in [0.05, 0.1) is 30.6 Å². The average molecular weight is 731 g/mol. The lowest BCUT2D eigenvalue weighted by Crippen LogP contribution is -2.42. The fraction of sp³-hybridized carbons (Fsp3) is 0.333. The highest BCUT2D eigenvalue weighted by Gasteiger charge is 2.31. The minimum Gasteiger partial charge on any atom is -0.480 e. The summed E-state index contributed by atoms with van der Waals surface area (Å²) in [7, 11) is 2.61. The second kappa shape index (κ2) is 10.8. The number of nitrogens with one attached hydrogen (secondary N) is 2. The molecule has 1 unspecified atom stereocenters. The van der Waals surface area contributed by atoms with Gasteiger partial charge in [-0.2, -0.15) is 0 Å². The lowest BCUT2D eigenvalue weighted by molar-refractivity contribution is -0.168. The molecule has 2 amide bonds. The van der Waals surface area contributed by atoms with E-state index in [0.717, 1.165) is 0 Å². The number of carboxylic acids is 1. The maximum absolute atomic E-state index is 12.8. The molecule has 0 aliphatic rings. The number of hydrogen-bond acceptors (Lipinski definition) is 7. The molecule has 0 saturated heterocycles. The molecule has 0 fully saturated rings. The maximum atomic E-state index is 12.8. The molecule has 0 aromatic heterocycles. The van der Waals surface area contributed by atoms with E-state index >= 15 is 0 Å². The van der Waals surface area contributed by atoms with E-state index < -0.39 is 36.4 Å². The smallest absolute Gasteiger partial charge is 0.359 e. The Morgan fingerprint density at radius 2 is 1.64 bits per heavy atom. The van der Waals surface area contributed by atoms with Crippen molar-refractivity contribution in [2.24, 2.45) is 0 Å². The van der Waals surface area contributed by atoms with E-state index in [2.05, 4.69) is 10.6 Å². The van der Waals surface area contributed by atoms with Gasteiger partial charge >= 0.3 is 11.9 Å². The molecule has 0 spiro atoms. The molecule has 0 bridgehead atoms. The van der Waals surface area contributed by atoms with Gasteiger partial charge in [0, 0.05) is 24.6 Å². The third kappa shape index (κ3) is 5.63. The van der Waals surface area contributed by atoms with Crippen molar-refractivity contribution in [2.75, 3.05) is 26.0 Å². The number of amides is 2. The van der Waals surface area contributed by atoms with Gasteiger partial charge in [0.25, 0.3) is 5.91 Å². The molecule has 28 heavy (non-hydrogen) atoms. The van der Waals surface area contributed by atoms with Crippen molar-refractivity contribution in [3.63, 3.8) is 0 Å². The Hall–Kier alpha value is -0.790. The average Bonchev–Trinajstić information content (AvgIpc) is 2.58. The van der Waals surface area contributed by atoms with Crippen molar-refractivity contribution in [3.8, 4) is 0 Å². The van der Waals surface area contributed by atoms with Crippen LogP contribution < -0.4 is 10.6 Å². The quantitative estimate of drug-likeness (QED) is 0.243. The van der Waals surface area contributed by atoms with Crippen LogP contribution in [-0.2, 0) is 14.4 Å². The first kappa shape index (κ1) is 25.2. The molecule has 4 N–H and O–H groups in total. The van der Waals surface area contributed by atoms with Crippen LogP contribution in [0.15, 0.2) is 0 Å². The Bertz CT molecular complexity index is 832. The van der Waals surface area contributed by atoms with E-state index in [9.17, 15) is 19.2 Å². The van der Waals surface area contributed by atoms with Crippen LogP contribution in [0.25, 0.3) is 0 Å². The van der Waals surface area contributed by atoms with E-state index in [-0.39, 0.29) is 20.4 Å². The number of anilines is 1. The second-order valence-electron chi connectivity index (χ2n) is 5.29. The first-order chi connectivity index (χ1) is 13.0. The van der Waals surface area contributed by atoms with Gasteiger partial charge in [-0.25, -0.2) is 4.79 Å². The number of halogens is 3. The molecule has 0 radical (unpaired) electrons. The first-order valence-electron chi connectivity index (χ1n) is 7.46. The zero-order valence-corrected chi connectivity index (χ0v) is 21.3. The molecule has 0 aliphatic carbocycles. The summed E-state index contributed by atoms with van der Waals surface area (Å²) in [5.41, 5.74) is 0.413. The van der Waals surface area contributed by atoms with Crippen molar-refractivity contribution in [1.29, 1.82) is 0 Å². The minimum atomic E-state index is -1.46. The normalized spacial score (nSPS) is 11.7. The molecule has 0 aliphatic heterocycles. The number of hydroxylamine groups is 2. The summed E-state index contributed by atoms with van der Waals surface area (Å²) in [5, 5.41) is 24.0. The third-order valence-corrected chi connectivity index (χ3v) is 6.64. The predicted octanol–water partition coefficient (Wildman–Crippen LogP) is 1.27. The van der Waals surface area contributed by atoms with Gasteiger partial charge in [-0.15, -0.1) is 5.06 Å². The van der Waals surface area contributed by atoms with Crippen LogP contribution in [0.3, 0.4) is 0 Å². The highest BCUT2D eigenvalue weighted by molar-refractivity contribution is 14.1. The number of carbonyl (C=O) groups is 4. The summed E-state index contributed by atoms with van der Waals surface area (Å²) in [6.07, 6.45) is 0. The highest BCUT2D eigenvalue weighted by atomic mass is 127. The summed E-state index contributed by atoms with van der Waals surface area (Å²) in [6, 6.07) is -1.46. The van der Waals surface area contributed by atoms with Crippen LogP contribution in [0.1, 0.15) is 27.6 Å². The third-order valence-electron chi connectivity index (χ3n) is 3.40. The number of likely N-dealkylation sites (N-methyl/N-ethyl adjacent to an activating group) is 1. The fourth-order valence-corrected chi connectivity index (χ4v) is 6.41. The van der Waals surface area contributed by atoms with E-state index in [1.165, 1.54) is 21.0 Å². The minimum absolute atomic E-state index is 0.0158. The molecule has 13 heteroatoms. The van der Waals surface area contributed by atoms with E-state index in [1.807, 2.05) is 67.8 Å². The second-order valence-corrected chi connectivity index (χ2v) is 8.53. The largest absolute Gasteiger partial charge is 0.480 e. The van der Waals surface area contributed by atoms with Gasteiger partial charge in [0.2, 0.25) is 5.91 Å². The Labute approximate surface area is 201 Å². The maximum Gasteiger partial charge on any atom is 0.359 e. The molecule has 1 atom stereocenters. The number of aliphatic carboxylic acids is 1. The lowest BCUT2D eigenvalue weighted by atomic mass is 10.1. The van der Waals surface area contributed by atoms with Crippen molar-refractivity contribution in [2.45, 2.75) is 13.0 Å². The number of benzene rings is 1. The monoisotopic (exact) mass is 731 g/mol. The molecule has 154 valence electrons. The van der Waals surface area contributed by atoms with Crippen molar-refractivity contribution in [3.05, 3.63) is 21.8 Å². The Kier molecular flexibility index (Phi) is 9.77. The molecule has 0 heterocycles. The van der Waals surface area contributed by atoms with Crippen LogP contribution in [0.5, 0.6) is 0 Å². The van der Waals surface area contributed by atoms with Crippen LogP contribution in [0, 0.1) is 10.7 Å². The van der Waals surface area contributed by atoms with Gasteiger partial charge in [-0.1, -0.05) is 0 Å². The van der Waals surface area contributed by atoms with E-state index in [4.69, 9.17) is 15.1 Å². The SMILES string of the molecule is CNC(=O)c1c(I)c(NC(C)=O)c(I)c(C(=O)ON(C)C(CO)C(=O)O)c1I. The van der Waals surface area contributed by atoms with Crippen molar-refractivity contribution < 1.29 is 34.2 Å². The van der Waals surface area contributed by atoms with Gasteiger partial charge in [0.15, 0.2) is 6.04 Å². The molecule has 1 aromatic rings. The molecule has 0 saturated carbocycles. The van der Waals surface area contributed by atoms with Gasteiger partial charge < -0.3 is 25.7 Å².